The van der Waals surface area contributed by atoms with Crippen LogP contribution in [0.3, 0.4) is 0 Å². The molecule has 2 aliphatic carbocycles. The summed E-state index contributed by atoms with van der Waals surface area (Å²) < 4.78 is 0. The van der Waals surface area contributed by atoms with Crippen molar-refractivity contribution in [1.29, 1.82) is 5.26 Å². The second-order valence-electron chi connectivity index (χ2n) is 3.83. The van der Waals surface area contributed by atoms with Gasteiger partial charge >= 0.3 is 0 Å². The lowest BCUT2D eigenvalue weighted by molar-refractivity contribution is 0.751. The van der Waals surface area contributed by atoms with Gasteiger partial charge in [0, 0.05) is 17.2 Å². The van der Waals surface area contributed by atoms with E-state index < -0.39 is 0 Å². The molecule has 0 aromatic carbocycles. The summed E-state index contributed by atoms with van der Waals surface area (Å²) in [5.41, 5.74) is 3.04. The second-order valence-corrected chi connectivity index (χ2v) is 3.83. The summed E-state index contributed by atoms with van der Waals surface area (Å²) in [6.45, 7) is 2.27. The first-order valence-corrected chi connectivity index (χ1v) is 4.30. The van der Waals surface area contributed by atoms with Crippen molar-refractivity contribution in [3.05, 3.63) is 17.0 Å². The monoisotopic (exact) mass is 159 g/mol. The first-order chi connectivity index (χ1) is 5.83. The van der Waals surface area contributed by atoms with Crippen LogP contribution in [-0.4, -0.2) is 10.2 Å². The number of nitrogens with zero attached hydrogens (tertiary/aromatic N) is 2. The summed E-state index contributed by atoms with van der Waals surface area (Å²) in [7, 11) is 0. The minimum atomic E-state index is 0.615. The van der Waals surface area contributed by atoms with Crippen molar-refractivity contribution >= 4 is 0 Å². The molecule has 1 aromatic rings. The van der Waals surface area contributed by atoms with Crippen molar-refractivity contribution < 1.29 is 0 Å². The molecule has 0 spiro atoms. The normalized spacial score (nSPS) is 35.5. The van der Waals surface area contributed by atoms with Gasteiger partial charge < -0.3 is 0 Å². The number of nitrogens with one attached hydrogen (secondary N) is 1. The van der Waals surface area contributed by atoms with Gasteiger partial charge in [-0.25, -0.2) is 0 Å². The maximum absolute atomic E-state index is 8.73. The fraction of sp³-hybridized carbons (Fsp3) is 0.556. The largest absolute Gasteiger partial charge is 0.281 e. The van der Waals surface area contributed by atoms with Gasteiger partial charge in [-0.15, -0.1) is 0 Å². The Labute approximate surface area is 70.4 Å². The summed E-state index contributed by atoms with van der Waals surface area (Å²) in [5.74, 6) is 2.31. The van der Waals surface area contributed by atoms with Crippen molar-refractivity contribution in [2.75, 3.05) is 0 Å². The van der Waals surface area contributed by atoms with Crippen LogP contribution in [0.2, 0.25) is 0 Å². The predicted octanol–water partition coefficient (Wildman–Crippen LogP) is 1.19. The number of aromatic amines is 1. The highest BCUT2D eigenvalue weighted by molar-refractivity contribution is 5.45. The SMILES string of the molecule is CC1C2Cc3c(C#N)n[nH]c3C12. The van der Waals surface area contributed by atoms with Crippen molar-refractivity contribution in [2.24, 2.45) is 11.8 Å². The second kappa shape index (κ2) is 1.71. The average Bonchev–Trinajstić information content (AvgIpc) is 2.52. The highest BCUT2D eigenvalue weighted by Gasteiger charge is 2.54. The van der Waals surface area contributed by atoms with Crippen LogP contribution >= 0.6 is 0 Å². The van der Waals surface area contributed by atoms with Crippen LogP contribution in [0.15, 0.2) is 0 Å². The standard InChI is InChI=1S/C9H9N3/c1-4-5-2-6-7(3-10)11-12-9(6)8(4)5/h4-5,8H,2H2,1H3,(H,11,12). The quantitative estimate of drug-likeness (QED) is 0.618. The van der Waals surface area contributed by atoms with Crippen molar-refractivity contribution in [2.45, 2.75) is 19.3 Å². The van der Waals surface area contributed by atoms with Crippen LogP contribution < -0.4 is 0 Å². The molecule has 1 N–H and O–H groups in total. The van der Waals surface area contributed by atoms with E-state index in [2.05, 4.69) is 23.2 Å². The molecule has 0 bridgehead atoms. The lowest BCUT2D eigenvalue weighted by Gasteiger charge is -1.94. The summed E-state index contributed by atoms with van der Waals surface area (Å²) in [4.78, 5) is 0. The van der Waals surface area contributed by atoms with Gasteiger partial charge in [0.05, 0.1) is 0 Å². The summed E-state index contributed by atoms with van der Waals surface area (Å²) in [6, 6.07) is 2.12. The van der Waals surface area contributed by atoms with Crippen molar-refractivity contribution in [3.63, 3.8) is 0 Å². The third-order valence-electron chi connectivity index (χ3n) is 3.34. The molecule has 1 aromatic heterocycles. The molecule has 3 rings (SSSR count). The smallest absolute Gasteiger partial charge is 0.165 e. The number of aromatic nitrogens is 2. The zero-order valence-electron chi connectivity index (χ0n) is 6.83. The van der Waals surface area contributed by atoms with Crippen LogP contribution in [-0.2, 0) is 6.42 Å². The van der Waals surface area contributed by atoms with Gasteiger partial charge in [0.2, 0.25) is 0 Å². The van der Waals surface area contributed by atoms with E-state index in [0.29, 0.717) is 11.6 Å². The van der Waals surface area contributed by atoms with Crippen LogP contribution in [0.1, 0.15) is 29.8 Å². The van der Waals surface area contributed by atoms with Gasteiger partial charge in [0.15, 0.2) is 5.69 Å². The zero-order chi connectivity index (χ0) is 8.29. The van der Waals surface area contributed by atoms with E-state index in [4.69, 9.17) is 5.26 Å². The minimum absolute atomic E-state index is 0.615. The average molecular weight is 159 g/mol. The number of H-pyrrole nitrogens is 1. The lowest BCUT2D eigenvalue weighted by Crippen LogP contribution is -1.89. The number of nitriles is 1. The number of hydrogen-bond donors (Lipinski definition) is 1. The molecule has 1 heterocycles. The van der Waals surface area contributed by atoms with Gasteiger partial charge in [-0.2, -0.15) is 10.4 Å². The van der Waals surface area contributed by atoms with E-state index in [-0.39, 0.29) is 0 Å². The third-order valence-corrected chi connectivity index (χ3v) is 3.34. The summed E-state index contributed by atoms with van der Waals surface area (Å²) >= 11 is 0. The maximum atomic E-state index is 8.73. The Morgan fingerprint density at radius 1 is 1.67 bits per heavy atom. The Morgan fingerprint density at radius 3 is 3.25 bits per heavy atom. The van der Waals surface area contributed by atoms with E-state index in [0.717, 1.165) is 18.3 Å². The molecule has 0 amide bonds. The van der Waals surface area contributed by atoms with Crippen LogP contribution in [0.4, 0.5) is 0 Å². The van der Waals surface area contributed by atoms with Crippen molar-refractivity contribution in [1.82, 2.24) is 10.2 Å². The molecule has 2 aliphatic rings. The van der Waals surface area contributed by atoms with Gasteiger partial charge in [-0.3, -0.25) is 5.10 Å². The van der Waals surface area contributed by atoms with Gasteiger partial charge in [-0.05, 0) is 18.3 Å². The highest BCUT2D eigenvalue weighted by Crippen LogP contribution is 2.60. The topological polar surface area (TPSA) is 52.5 Å². The van der Waals surface area contributed by atoms with Gasteiger partial charge in [0.1, 0.15) is 6.07 Å². The van der Waals surface area contributed by atoms with Crippen LogP contribution in [0, 0.1) is 23.2 Å². The molecule has 60 valence electrons. The van der Waals surface area contributed by atoms with E-state index in [1.807, 2.05) is 0 Å². The van der Waals surface area contributed by atoms with E-state index >= 15 is 0 Å². The van der Waals surface area contributed by atoms with Crippen LogP contribution in [0.5, 0.6) is 0 Å². The maximum Gasteiger partial charge on any atom is 0.165 e. The lowest BCUT2D eigenvalue weighted by atomic mass is 10.1. The minimum Gasteiger partial charge on any atom is -0.281 e. The molecule has 0 radical (unpaired) electrons. The number of rotatable bonds is 0. The molecule has 12 heavy (non-hydrogen) atoms. The molecule has 3 unspecified atom stereocenters. The molecule has 0 saturated heterocycles. The zero-order valence-corrected chi connectivity index (χ0v) is 6.83. The Morgan fingerprint density at radius 2 is 2.50 bits per heavy atom. The van der Waals surface area contributed by atoms with E-state index in [1.54, 1.807) is 0 Å². The molecule has 0 aliphatic heterocycles. The van der Waals surface area contributed by atoms with E-state index in [1.165, 1.54) is 11.3 Å². The van der Waals surface area contributed by atoms with Gasteiger partial charge in [-0.1, -0.05) is 6.92 Å². The molecule has 1 saturated carbocycles. The summed E-state index contributed by atoms with van der Waals surface area (Å²) in [5, 5.41) is 15.7. The Bertz CT molecular complexity index is 385. The molecule has 3 heteroatoms. The Kier molecular flexibility index (Phi) is 0.891. The number of hydrogen-bond acceptors (Lipinski definition) is 2. The summed E-state index contributed by atoms with van der Waals surface area (Å²) in [6.07, 6.45) is 1.07. The molecule has 1 fully saturated rings. The highest BCUT2D eigenvalue weighted by atomic mass is 15.1. The number of fused-ring (bicyclic) bond motifs is 3. The Balaban J connectivity index is 2.13. The third kappa shape index (κ3) is 0.513. The first-order valence-electron chi connectivity index (χ1n) is 4.30. The molecule has 3 nitrogen and oxygen atoms in total. The first kappa shape index (κ1) is 6.24. The van der Waals surface area contributed by atoms with Crippen molar-refractivity contribution in [3.8, 4) is 6.07 Å². The van der Waals surface area contributed by atoms with Gasteiger partial charge in [0.25, 0.3) is 0 Å². The fourth-order valence-corrected chi connectivity index (χ4v) is 2.52. The fourth-order valence-electron chi connectivity index (χ4n) is 2.52. The van der Waals surface area contributed by atoms with E-state index in [9.17, 15) is 0 Å². The Hall–Kier alpha value is -1.30. The van der Waals surface area contributed by atoms with Crippen LogP contribution in [0.25, 0.3) is 0 Å². The predicted molar refractivity (Wildman–Crippen MR) is 42.4 cm³/mol. The molecule has 3 atom stereocenters. The molecular weight excluding hydrogens is 150 g/mol. The molecular formula is C9H9N3.